The summed E-state index contributed by atoms with van der Waals surface area (Å²) < 4.78 is 5.03. The first-order chi connectivity index (χ1) is 7.29. The molecule has 1 N–H and O–H groups in total. The van der Waals surface area contributed by atoms with Crippen LogP contribution in [0, 0.1) is 0 Å². The van der Waals surface area contributed by atoms with Crippen LogP contribution < -0.4 is 0 Å². The first-order valence-electron chi connectivity index (χ1n) is 5.42. The molecule has 0 aromatic carbocycles. The third kappa shape index (κ3) is 3.64. The summed E-state index contributed by atoms with van der Waals surface area (Å²) in [6, 6.07) is -0.175. The van der Waals surface area contributed by atoms with Crippen LogP contribution in [0.2, 0.25) is 0 Å². The van der Waals surface area contributed by atoms with E-state index in [-0.39, 0.29) is 25.2 Å². The number of piperidine rings is 1. The summed E-state index contributed by atoms with van der Waals surface area (Å²) in [7, 11) is 0. The number of carbonyl (C=O) groups excluding carboxylic acids is 1. The fourth-order valence-electron chi connectivity index (χ4n) is 1.89. The molecule has 1 fully saturated rings. The van der Waals surface area contributed by atoms with Crippen LogP contribution in [0.5, 0.6) is 0 Å². The second kappa shape index (κ2) is 6.58. The maximum Gasteiger partial charge on any atom is 0.323 e. The number of β-amino-alcohol motifs (C(OH)–C–C–N with tert-alkyl or cyclic N) is 1. The highest BCUT2D eigenvalue weighted by Gasteiger charge is 2.29. The highest BCUT2D eigenvalue weighted by molar-refractivity contribution is 5.76. The Morgan fingerprint density at radius 2 is 2.40 bits per heavy atom. The molecule has 0 saturated carbocycles. The molecule has 0 bridgehead atoms. The predicted molar refractivity (Wildman–Crippen MR) is 57.5 cm³/mol. The van der Waals surface area contributed by atoms with Gasteiger partial charge >= 0.3 is 5.97 Å². The van der Waals surface area contributed by atoms with Crippen molar-refractivity contribution in [2.24, 2.45) is 0 Å². The van der Waals surface area contributed by atoms with E-state index in [2.05, 4.69) is 6.58 Å². The third-order valence-electron chi connectivity index (χ3n) is 2.62. The van der Waals surface area contributed by atoms with Crippen molar-refractivity contribution < 1.29 is 14.6 Å². The molecule has 1 atom stereocenters. The second-order valence-corrected chi connectivity index (χ2v) is 3.69. The highest BCUT2D eigenvalue weighted by Crippen LogP contribution is 2.17. The number of aliphatic hydroxyl groups is 1. The van der Waals surface area contributed by atoms with E-state index in [1.54, 1.807) is 6.08 Å². The van der Waals surface area contributed by atoms with E-state index in [1.807, 2.05) is 4.90 Å². The maximum atomic E-state index is 11.6. The monoisotopic (exact) mass is 213 g/mol. The van der Waals surface area contributed by atoms with Gasteiger partial charge in [0, 0.05) is 6.54 Å². The topological polar surface area (TPSA) is 49.8 Å². The van der Waals surface area contributed by atoms with Crippen LogP contribution in [0.3, 0.4) is 0 Å². The van der Waals surface area contributed by atoms with E-state index in [4.69, 9.17) is 9.84 Å². The average molecular weight is 213 g/mol. The summed E-state index contributed by atoms with van der Waals surface area (Å²) >= 11 is 0. The first kappa shape index (κ1) is 12.2. The number of hydrogen-bond donors (Lipinski definition) is 1. The Bertz CT molecular complexity index is 216. The van der Waals surface area contributed by atoms with Crippen molar-refractivity contribution in [1.82, 2.24) is 4.90 Å². The molecule has 1 heterocycles. The van der Waals surface area contributed by atoms with Crippen molar-refractivity contribution in [2.75, 3.05) is 26.3 Å². The van der Waals surface area contributed by atoms with E-state index in [0.717, 1.165) is 25.8 Å². The van der Waals surface area contributed by atoms with E-state index < -0.39 is 0 Å². The molecule has 0 radical (unpaired) electrons. The molecule has 1 aliphatic rings. The molecule has 4 heteroatoms. The van der Waals surface area contributed by atoms with Crippen molar-refractivity contribution >= 4 is 5.97 Å². The Balaban J connectivity index is 2.46. The van der Waals surface area contributed by atoms with Gasteiger partial charge in [0.25, 0.3) is 0 Å². The molecule has 0 aromatic heterocycles. The van der Waals surface area contributed by atoms with Crippen LogP contribution in [0.1, 0.15) is 19.3 Å². The molecular formula is C11H19NO3. The lowest BCUT2D eigenvalue weighted by atomic mass is 10.0. The minimum absolute atomic E-state index is 0.0885. The van der Waals surface area contributed by atoms with Gasteiger partial charge in [-0.1, -0.05) is 19.1 Å². The minimum Gasteiger partial charge on any atom is -0.460 e. The Hall–Kier alpha value is -0.870. The Labute approximate surface area is 90.5 Å². The van der Waals surface area contributed by atoms with Gasteiger partial charge in [0.2, 0.25) is 0 Å². The normalized spacial score (nSPS) is 22.3. The van der Waals surface area contributed by atoms with E-state index in [0.29, 0.717) is 6.54 Å². The minimum atomic E-state index is -0.192. The Morgan fingerprint density at radius 1 is 1.60 bits per heavy atom. The fourth-order valence-corrected chi connectivity index (χ4v) is 1.89. The molecule has 1 rings (SSSR count). The number of nitrogens with zero attached hydrogens (tertiary/aromatic N) is 1. The van der Waals surface area contributed by atoms with Crippen molar-refractivity contribution in [2.45, 2.75) is 25.3 Å². The van der Waals surface area contributed by atoms with Gasteiger partial charge in [0.15, 0.2) is 0 Å². The van der Waals surface area contributed by atoms with Crippen molar-refractivity contribution in [3.05, 3.63) is 12.7 Å². The van der Waals surface area contributed by atoms with Crippen LogP contribution in [0.15, 0.2) is 12.7 Å². The number of hydrogen-bond acceptors (Lipinski definition) is 4. The number of carbonyl (C=O) groups is 1. The van der Waals surface area contributed by atoms with E-state index in [9.17, 15) is 4.79 Å². The second-order valence-electron chi connectivity index (χ2n) is 3.69. The molecule has 0 aromatic rings. The van der Waals surface area contributed by atoms with Crippen molar-refractivity contribution in [3.63, 3.8) is 0 Å². The molecule has 0 amide bonds. The van der Waals surface area contributed by atoms with Crippen molar-refractivity contribution in [3.8, 4) is 0 Å². The number of likely N-dealkylation sites (tertiary alicyclic amines) is 1. The van der Waals surface area contributed by atoms with Gasteiger partial charge in [-0.3, -0.25) is 9.69 Å². The zero-order chi connectivity index (χ0) is 11.1. The smallest absolute Gasteiger partial charge is 0.323 e. The summed E-state index contributed by atoms with van der Waals surface area (Å²) in [6.07, 6.45) is 4.54. The van der Waals surface area contributed by atoms with Crippen molar-refractivity contribution in [1.29, 1.82) is 0 Å². The molecule has 1 saturated heterocycles. The maximum absolute atomic E-state index is 11.6. The quantitative estimate of drug-likeness (QED) is 0.535. The summed E-state index contributed by atoms with van der Waals surface area (Å²) in [5.74, 6) is -0.192. The van der Waals surface area contributed by atoms with E-state index >= 15 is 0 Å². The number of ether oxygens (including phenoxy) is 1. The summed E-state index contributed by atoms with van der Waals surface area (Å²) in [6.45, 7) is 5.28. The average Bonchev–Trinajstić information content (AvgIpc) is 2.27. The lowest BCUT2D eigenvalue weighted by Crippen LogP contribution is -2.46. The Morgan fingerprint density at radius 3 is 3.07 bits per heavy atom. The summed E-state index contributed by atoms with van der Waals surface area (Å²) in [4.78, 5) is 13.6. The van der Waals surface area contributed by atoms with Gasteiger partial charge in [0.1, 0.15) is 12.6 Å². The molecular weight excluding hydrogens is 194 g/mol. The molecule has 1 aliphatic heterocycles. The van der Waals surface area contributed by atoms with Gasteiger partial charge in [-0.2, -0.15) is 0 Å². The van der Waals surface area contributed by atoms with Gasteiger partial charge < -0.3 is 9.84 Å². The Kier molecular flexibility index (Phi) is 5.36. The number of esters is 1. The van der Waals surface area contributed by atoms with Crippen LogP contribution in [-0.2, 0) is 9.53 Å². The standard InChI is InChI=1S/C11H19NO3/c1-2-9-15-11(14)10-5-3-4-6-12(10)7-8-13/h2,10,13H,1,3-9H2. The molecule has 1 unspecified atom stereocenters. The molecule has 0 spiro atoms. The highest BCUT2D eigenvalue weighted by atomic mass is 16.5. The van der Waals surface area contributed by atoms with Gasteiger partial charge in [0.05, 0.1) is 6.61 Å². The fraction of sp³-hybridized carbons (Fsp3) is 0.727. The summed E-state index contributed by atoms with van der Waals surface area (Å²) in [5.41, 5.74) is 0. The number of rotatable bonds is 5. The predicted octanol–water partition coefficient (Wildman–Crippen LogP) is 0.562. The lowest BCUT2D eigenvalue weighted by molar-refractivity contribution is -0.150. The van der Waals surface area contributed by atoms with Gasteiger partial charge in [-0.25, -0.2) is 0 Å². The molecule has 0 aliphatic carbocycles. The van der Waals surface area contributed by atoms with Crippen LogP contribution >= 0.6 is 0 Å². The SMILES string of the molecule is C=CCOC(=O)C1CCCCN1CCO. The summed E-state index contributed by atoms with van der Waals surface area (Å²) in [5, 5.41) is 8.88. The molecule has 86 valence electrons. The number of aliphatic hydroxyl groups excluding tert-OH is 1. The zero-order valence-electron chi connectivity index (χ0n) is 9.02. The van der Waals surface area contributed by atoms with Gasteiger partial charge in [-0.15, -0.1) is 0 Å². The molecule has 4 nitrogen and oxygen atoms in total. The van der Waals surface area contributed by atoms with E-state index in [1.165, 1.54) is 0 Å². The third-order valence-corrected chi connectivity index (χ3v) is 2.62. The van der Waals surface area contributed by atoms with Crippen LogP contribution in [0.4, 0.5) is 0 Å². The molecule has 15 heavy (non-hydrogen) atoms. The van der Waals surface area contributed by atoms with Crippen LogP contribution in [0.25, 0.3) is 0 Å². The lowest BCUT2D eigenvalue weighted by Gasteiger charge is -2.33. The largest absolute Gasteiger partial charge is 0.460 e. The zero-order valence-corrected chi connectivity index (χ0v) is 9.02. The van der Waals surface area contributed by atoms with Crippen LogP contribution in [-0.4, -0.2) is 48.3 Å². The van der Waals surface area contributed by atoms with Gasteiger partial charge in [-0.05, 0) is 19.4 Å². The first-order valence-corrected chi connectivity index (χ1v) is 5.42.